The molecule has 2 unspecified atom stereocenters. The zero-order valence-electron chi connectivity index (χ0n) is 20.3. The average molecular weight is 493 g/mol. The Morgan fingerprint density at radius 3 is 2.26 bits per heavy atom. The topological polar surface area (TPSA) is 65.6 Å². The van der Waals surface area contributed by atoms with Gasteiger partial charge in [0.1, 0.15) is 6.04 Å². The van der Waals surface area contributed by atoms with Gasteiger partial charge in [0.25, 0.3) is 0 Å². The number of carbonyl (C=O) groups is 1. The van der Waals surface area contributed by atoms with Crippen LogP contribution in [0.15, 0.2) is 54.6 Å². The van der Waals surface area contributed by atoms with Gasteiger partial charge in [-0.05, 0) is 42.2 Å². The number of alkyl halides is 3. The van der Waals surface area contributed by atoms with Gasteiger partial charge in [0.2, 0.25) is 5.91 Å². The largest absolute Gasteiger partial charge is 0.407 e. The maximum absolute atomic E-state index is 13.8. The van der Waals surface area contributed by atoms with Gasteiger partial charge >= 0.3 is 6.18 Å². The molecule has 1 saturated heterocycles. The number of nitrogens with zero attached hydrogens (tertiary/aromatic N) is 1. The summed E-state index contributed by atoms with van der Waals surface area (Å²) >= 11 is 0. The number of hydrogen-bond donors (Lipinski definition) is 3. The highest BCUT2D eigenvalue weighted by Crippen LogP contribution is 2.33. The van der Waals surface area contributed by atoms with Crippen LogP contribution in [0.5, 0.6) is 0 Å². The first-order valence-corrected chi connectivity index (χ1v) is 12.1. The summed E-state index contributed by atoms with van der Waals surface area (Å²) in [5.74, 6) is -0.389. The quantitative estimate of drug-likeness (QED) is 0.407. The second-order valence-electron chi connectivity index (χ2n) is 9.10. The molecule has 0 saturated carbocycles. The van der Waals surface area contributed by atoms with Gasteiger partial charge in [-0.25, -0.2) is 0 Å². The fraction of sp³-hybridized carbons (Fsp3) is 0.500. The lowest BCUT2D eigenvalue weighted by Gasteiger charge is -2.29. The maximum atomic E-state index is 13.8. The Morgan fingerprint density at radius 2 is 1.66 bits per heavy atom. The third kappa shape index (κ3) is 8.43. The number of amides is 1. The minimum absolute atomic E-state index is 0.0472. The zero-order chi connectivity index (χ0) is 25.3. The lowest BCUT2D eigenvalue weighted by Crippen LogP contribution is -2.50. The molecule has 0 radical (unpaired) electrons. The van der Waals surface area contributed by atoms with Gasteiger partial charge in [-0.3, -0.25) is 10.1 Å². The van der Waals surface area contributed by atoms with Crippen LogP contribution in [0.4, 0.5) is 24.5 Å². The van der Waals surface area contributed by atoms with E-state index in [2.05, 4.69) is 20.9 Å². The Kier molecular flexibility index (Phi) is 9.80. The molecule has 2 aromatic carbocycles. The second-order valence-corrected chi connectivity index (χ2v) is 9.10. The van der Waals surface area contributed by atoms with Crippen LogP contribution in [0.3, 0.4) is 0 Å². The summed E-state index contributed by atoms with van der Waals surface area (Å²) in [6, 6.07) is 12.8. The lowest BCUT2D eigenvalue weighted by molar-refractivity contribution is -0.161. The van der Waals surface area contributed by atoms with E-state index in [1.165, 1.54) is 12.1 Å². The predicted molar refractivity (Wildman–Crippen MR) is 133 cm³/mol. The minimum Gasteiger partial charge on any atom is -0.383 e. The number of halogens is 3. The van der Waals surface area contributed by atoms with E-state index in [-0.39, 0.29) is 11.5 Å². The number of ether oxygens (including phenoxy) is 1. The molecule has 1 fully saturated rings. The van der Waals surface area contributed by atoms with Crippen LogP contribution in [-0.2, 0) is 9.53 Å². The van der Waals surface area contributed by atoms with E-state index in [0.29, 0.717) is 19.5 Å². The number of anilines is 2. The van der Waals surface area contributed by atoms with Gasteiger partial charge in [0, 0.05) is 37.6 Å². The fourth-order valence-electron chi connectivity index (χ4n) is 4.08. The van der Waals surface area contributed by atoms with Crippen LogP contribution in [-0.4, -0.2) is 57.5 Å². The molecule has 1 amide bonds. The first kappa shape index (κ1) is 26.8. The Bertz CT molecular complexity index is 901. The van der Waals surface area contributed by atoms with E-state index in [1.54, 1.807) is 18.2 Å². The van der Waals surface area contributed by atoms with Gasteiger partial charge in [0.05, 0.1) is 19.3 Å². The standard InChI is InChI=1S/C26H35F3N4O2/c1-19(2)18-23(32-24(26(27,28)29)20-6-4-3-5-7-20)25(34)31-13-12-30-21-8-10-22(11-9-21)33-14-16-35-17-15-33/h3-11,19,23-24,30,32H,12-18H2,1-2H3,(H,31,34). The number of carbonyl (C=O) groups excluding carboxylic acids is 1. The number of benzene rings is 2. The van der Waals surface area contributed by atoms with Gasteiger partial charge < -0.3 is 20.3 Å². The molecule has 0 aromatic heterocycles. The van der Waals surface area contributed by atoms with Crippen LogP contribution < -0.4 is 20.9 Å². The molecule has 1 aliphatic rings. The second kappa shape index (κ2) is 12.8. The summed E-state index contributed by atoms with van der Waals surface area (Å²) in [6.07, 6.45) is -4.23. The van der Waals surface area contributed by atoms with Crippen LogP contribution in [0.25, 0.3) is 0 Å². The monoisotopic (exact) mass is 492 g/mol. The van der Waals surface area contributed by atoms with Crippen LogP contribution >= 0.6 is 0 Å². The minimum atomic E-state index is -4.52. The van der Waals surface area contributed by atoms with Crippen molar-refractivity contribution in [3.63, 3.8) is 0 Å². The van der Waals surface area contributed by atoms with Crippen LogP contribution in [0, 0.1) is 5.92 Å². The number of rotatable bonds is 11. The molecule has 9 heteroatoms. The van der Waals surface area contributed by atoms with Gasteiger partial charge in [0.15, 0.2) is 0 Å². The molecule has 192 valence electrons. The first-order chi connectivity index (χ1) is 16.7. The summed E-state index contributed by atoms with van der Waals surface area (Å²) in [7, 11) is 0. The van der Waals surface area contributed by atoms with Crippen molar-refractivity contribution < 1.29 is 22.7 Å². The molecule has 1 heterocycles. The predicted octanol–water partition coefficient (Wildman–Crippen LogP) is 4.36. The van der Waals surface area contributed by atoms with Gasteiger partial charge in [-0.2, -0.15) is 13.2 Å². The SMILES string of the molecule is CC(C)CC(NC(c1ccccc1)C(F)(F)F)C(=O)NCCNc1ccc(N2CCOCC2)cc1. The lowest BCUT2D eigenvalue weighted by atomic mass is 9.99. The van der Waals surface area contributed by atoms with Crippen LogP contribution in [0.2, 0.25) is 0 Å². The van der Waals surface area contributed by atoms with E-state index in [1.807, 2.05) is 38.1 Å². The van der Waals surface area contributed by atoms with Crippen molar-refractivity contribution in [2.45, 2.75) is 38.5 Å². The highest BCUT2D eigenvalue weighted by Gasteiger charge is 2.42. The maximum Gasteiger partial charge on any atom is 0.407 e. The van der Waals surface area contributed by atoms with E-state index >= 15 is 0 Å². The Labute approximate surface area is 205 Å². The van der Waals surface area contributed by atoms with Crippen molar-refractivity contribution >= 4 is 17.3 Å². The van der Waals surface area contributed by atoms with Gasteiger partial charge in [-0.1, -0.05) is 44.2 Å². The molecule has 2 aromatic rings. The van der Waals surface area contributed by atoms with E-state index in [4.69, 9.17) is 4.74 Å². The normalized spacial score (nSPS) is 16.1. The van der Waals surface area contributed by atoms with Crippen molar-refractivity contribution in [3.05, 3.63) is 60.2 Å². The molecular formula is C26H35F3N4O2. The molecule has 3 rings (SSSR count). The molecule has 0 bridgehead atoms. The third-order valence-electron chi connectivity index (χ3n) is 5.85. The van der Waals surface area contributed by atoms with Crippen molar-refractivity contribution in [2.24, 2.45) is 5.92 Å². The smallest absolute Gasteiger partial charge is 0.383 e. The number of morpholine rings is 1. The Morgan fingerprint density at radius 1 is 1.00 bits per heavy atom. The summed E-state index contributed by atoms with van der Waals surface area (Å²) in [4.78, 5) is 15.1. The third-order valence-corrected chi connectivity index (χ3v) is 5.85. The van der Waals surface area contributed by atoms with Crippen molar-refractivity contribution in [1.82, 2.24) is 10.6 Å². The summed E-state index contributed by atoms with van der Waals surface area (Å²) in [5, 5.41) is 8.59. The highest BCUT2D eigenvalue weighted by atomic mass is 19.4. The zero-order valence-corrected chi connectivity index (χ0v) is 20.3. The summed E-state index contributed by atoms with van der Waals surface area (Å²) < 4.78 is 46.8. The molecule has 35 heavy (non-hydrogen) atoms. The number of nitrogens with one attached hydrogen (secondary N) is 3. The van der Waals surface area contributed by atoms with Crippen molar-refractivity contribution in [2.75, 3.05) is 49.6 Å². The molecule has 0 aliphatic carbocycles. The molecule has 3 N–H and O–H groups in total. The first-order valence-electron chi connectivity index (χ1n) is 12.1. The number of hydrogen-bond acceptors (Lipinski definition) is 5. The molecule has 0 spiro atoms. The Balaban J connectivity index is 1.52. The molecule has 1 aliphatic heterocycles. The molecular weight excluding hydrogens is 457 g/mol. The van der Waals surface area contributed by atoms with Crippen LogP contribution in [0.1, 0.15) is 31.9 Å². The highest BCUT2D eigenvalue weighted by molar-refractivity contribution is 5.81. The van der Waals surface area contributed by atoms with Crippen molar-refractivity contribution in [1.29, 1.82) is 0 Å². The average Bonchev–Trinajstić information content (AvgIpc) is 2.84. The van der Waals surface area contributed by atoms with Crippen molar-refractivity contribution in [3.8, 4) is 0 Å². The van der Waals surface area contributed by atoms with Gasteiger partial charge in [-0.15, -0.1) is 0 Å². The molecule has 2 atom stereocenters. The van der Waals surface area contributed by atoms with E-state index in [0.717, 1.165) is 37.7 Å². The molecule has 6 nitrogen and oxygen atoms in total. The van der Waals surface area contributed by atoms with E-state index < -0.39 is 24.2 Å². The fourth-order valence-corrected chi connectivity index (χ4v) is 4.08. The Hall–Kier alpha value is -2.78. The summed E-state index contributed by atoms with van der Waals surface area (Å²) in [6.45, 7) is 7.70. The van der Waals surface area contributed by atoms with E-state index in [9.17, 15) is 18.0 Å². The summed E-state index contributed by atoms with van der Waals surface area (Å²) in [5.41, 5.74) is 2.13.